The summed E-state index contributed by atoms with van der Waals surface area (Å²) >= 11 is 0. The molecule has 104 valence electrons. The van der Waals surface area contributed by atoms with E-state index in [2.05, 4.69) is 10.7 Å². The summed E-state index contributed by atoms with van der Waals surface area (Å²) in [4.78, 5) is 10.7. The summed E-state index contributed by atoms with van der Waals surface area (Å²) < 4.78 is 5.48. The highest BCUT2D eigenvalue weighted by atomic mass is 16.6. The van der Waals surface area contributed by atoms with E-state index >= 15 is 0 Å². The van der Waals surface area contributed by atoms with Crippen LogP contribution in [-0.4, -0.2) is 24.2 Å². The molecule has 1 aliphatic rings. The quantitative estimate of drug-likeness (QED) is 0.412. The Kier molecular flexibility index (Phi) is 3.87. The smallest absolute Gasteiger partial charge is 0.316 e. The first-order valence-corrected chi connectivity index (χ1v) is 6.15. The third-order valence-corrected chi connectivity index (χ3v) is 3.67. The zero-order chi connectivity index (χ0) is 13.9. The van der Waals surface area contributed by atoms with Crippen molar-refractivity contribution in [2.24, 2.45) is 5.84 Å². The first-order valence-electron chi connectivity index (χ1n) is 6.15. The van der Waals surface area contributed by atoms with E-state index < -0.39 is 4.92 Å². The highest BCUT2D eigenvalue weighted by molar-refractivity contribution is 5.75. The van der Waals surface area contributed by atoms with Crippen LogP contribution in [0.1, 0.15) is 19.3 Å². The van der Waals surface area contributed by atoms with Crippen molar-refractivity contribution < 1.29 is 9.66 Å². The van der Waals surface area contributed by atoms with Gasteiger partial charge in [0.2, 0.25) is 0 Å². The van der Waals surface area contributed by atoms with Gasteiger partial charge in [-0.2, -0.15) is 0 Å². The van der Waals surface area contributed by atoms with Crippen molar-refractivity contribution in [2.45, 2.75) is 24.9 Å². The Bertz CT molecular complexity index is 469. The predicted octanol–water partition coefficient (Wildman–Crippen LogP) is 1.86. The number of hydrogen-bond acceptors (Lipinski definition) is 6. The number of nitrogens with one attached hydrogen (secondary N) is 2. The van der Waals surface area contributed by atoms with Crippen LogP contribution in [0.4, 0.5) is 17.1 Å². The second-order valence-corrected chi connectivity index (χ2v) is 4.70. The Morgan fingerprint density at radius 3 is 2.63 bits per heavy atom. The number of methoxy groups -OCH3 is 1. The molecule has 0 amide bonds. The highest BCUT2D eigenvalue weighted by Crippen LogP contribution is 2.37. The van der Waals surface area contributed by atoms with Crippen molar-refractivity contribution in [3.63, 3.8) is 0 Å². The van der Waals surface area contributed by atoms with Crippen LogP contribution in [0.15, 0.2) is 18.2 Å². The maximum Gasteiger partial charge on any atom is 0.316 e. The molecule has 0 aromatic heterocycles. The topological polar surface area (TPSA) is 102 Å². The predicted molar refractivity (Wildman–Crippen MR) is 73.0 cm³/mol. The summed E-state index contributed by atoms with van der Waals surface area (Å²) in [7, 11) is 1.67. The number of anilines is 2. The van der Waals surface area contributed by atoms with Crippen molar-refractivity contribution in [3.05, 3.63) is 28.3 Å². The normalized spacial score (nSPS) is 16.5. The van der Waals surface area contributed by atoms with E-state index in [1.54, 1.807) is 25.3 Å². The molecule has 1 aliphatic carbocycles. The minimum Gasteiger partial charge on any atom is -0.377 e. The summed E-state index contributed by atoms with van der Waals surface area (Å²) in [5.74, 6) is 5.30. The lowest BCUT2D eigenvalue weighted by Crippen LogP contribution is -2.45. The number of nitrogens with zero attached hydrogens (tertiary/aromatic N) is 1. The molecule has 1 aromatic rings. The number of hydrazine groups is 1. The van der Waals surface area contributed by atoms with E-state index in [4.69, 9.17) is 10.6 Å². The molecule has 0 spiro atoms. The van der Waals surface area contributed by atoms with Gasteiger partial charge in [0.05, 0.1) is 10.5 Å². The van der Waals surface area contributed by atoms with Gasteiger partial charge in [0.1, 0.15) is 11.4 Å². The number of para-hydroxylation sites is 1. The fourth-order valence-corrected chi connectivity index (χ4v) is 2.28. The first-order chi connectivity index (χ1) is 9.12. The van der Waals surface area contributed by atoms with Crippen molar-refractivity contribution in [3.8, 4) is 0 Å². The van der Waals surface area contributed by atoms with Gasteiger partial charge in [0.25, 0.3) is 0 Å². The largest absolute Gasteiger partial charge is 0.377 e. The molecular weight excluding hydrogens is 248 g/mol. The van der Waals surface area contributed by atoms with E-state index in [1.165, 1.54) is 0 Å². The van der Waals surface area contributed by atoms with Gasteiger partial charge in [-0.3, -0.25) is 16.0 Å². The highest BCUT2D eigenvalue weighted by Gasteiger charge is 2.37. The van der Waals surface area contributed by atoms with E-state index in [0.29, 0.717) is 12.2 Å². The molecule has 0 heterocycles. The van der Waals surface area contributed by atoms with Crippen molar-refractivity contribution in [1.29, 1.82) is 0 Å². The van der Waals surface area contributed by atoms with Gasteiger partial charge in [0, 0.05) is 13.7 Å². The molecule has 7 heteroatoms. The average Bonchev–Trinajstić information content (AvgIpc) is 2.37. The summed E-state index contributed by atoms with van der Waals surface area (Å²) in [5.41, 5.74) is 2.84. The number of ether oxygens (including phenoxy) is 1. The van der Waals surface area contributed by atoms with Crippen molar-refractivity contribution >= 4 is 17.1 Å². The van der Waals surface area contributed by atoms with Gasteiger partial charge in [-0.1, -0.05) is 6.07 Å². The minimum absolute atomic E-state index is 0.0458. The molecule has 0 saturated heterocycles. The van der Waals surface area contributed by atoms with Crippen LogP contribution in [0.25, 0.3) is 0 Å². The fourth-order valence-electron chi connectivity index (χ4n) is 2.28. The number of nitrogen functional groups attached to an aromatic ring is 1. The van der Waals surface area contributed by atoms with E-state index in [0.717, 1.165) is 19.3 Å². The van der Waals surface area contributed by atoms with Gasteiger partial charge in [0.15, 0.2) is 0 Å². The Morgan fingerprint density at radius 1 is 1.47 bits per heavy atom. The van der Waals surface area contributed by atoms with Gasteiger partial charge >= 0.3 is 5.69 Å². The summed E-state index contributed by atoms with van der Waals surface area (Å²) in [6.07, 6.45) is 3.07. The third-order valence-electron chi connectivity index (χ3n) is 3.67. The summed E-state index contributed by atoms with van der Waals surface area (Å²) in [6.45, 7) is 0.554. The van der Waals surface area contributed by atoms with Crippen LogP contribution in [0, 0.1) is 10.1 Å². The molecule has 0 radical (unpaired) electrons. The van der Waals surface area contributed by atoms with Gasteiger partial charge in [-0.15, -0.1) is 0 Å². The summed E-state index contributed by atoms with van der Waals surface area (Å²) in [5, 5.41) is 14.2. The van der Waals surface area contributed by atoms with Crippen LogP contribution in [0.2, 0.25) is 0 Å². The maximum absolute atomic E-state index is 11.1. The maximum atomic E-state index is 11.1. The Hall–Kier alpha value is -1.86. The SMILES string of the molecule is COC1(CNc2cccc(NN)c2[N+](=O)[O-])CCC1. The molecule has 1 saturated carbocycles. The Morgan fingerprint density at radius 2 is 2.16 bits per heavy atom. The fraction of sp³-hybridized carbons (Fsp3) is 0.500. The average molecular weight is 266 g/mol. The van der Waals surface area contributed by atoms with E-state index in [-0.39, 0.29) is 17.0 Å². The molecule has 4 N–H and O–H groups in total. The molecule has 0 atom stereocenters. The Balaban J connectivity index is 2.18. The minimum atomic E-state index is -0.447. The zero-order valence-electron chi connectivity index (χ0n) is 10.8. The lowest BCUT2D eigenvalue weighted by Gasteiger charge is -2.40. The van der Waals surface area contributed by atoms with Crippen LogP contribution >= 0.6 is 0 Å². The second kappa shape index (κ2) is 5.41. The molecule has 19 heavy (non-hydrogen) atoms. The number of hydrogen-bond donors (Lipinski definition) is 3. The molecule has 0 bridgehead atoms. The Labute approximate surface area is 111 Å². The van der Waals surface area contributed by atoms with Gasteiger partial charge in [-0.05, 0) is 31.4 Å². The monoisotopic (exact) mass is 266 g/mol. The molecule has 0 aliphatic heterocycles. The van der Waals surface area contributed by atoms with E-state index in [1.807, 2.05) is 0 Å². The van der Waals surface area contributed by atoms with Crippen LogP contribution in [-0.2, 0) is 4.74 Å². The summed E-state index contributed by atoms with van der Waals surface area (Å²) in [6, 6.07) is 4.95. The standard InChI is InChI=1S/C12H18N4O3/c1-19-12(6-3-7-12)8-14-9-4-2-5-10(15-13)11(9)16(17)18/h2,4-5,14-15H,3,6-8,13H2,1H3. The molecule has 1 aromatic carbocycles. The number of nitro groups is 1. The van der Waals surface area contributed by atoms with Crippen molar-refractivity contribution in [2.75, 3.05) is 24.4 Å². The molecular formula is C12H18N4O3. The molecule has 2 rings (SSSR count). The number of benzene rings is 1. The number of nitro benzene ring substituents is 1. The lowest BCUT2D eigenvalue weighted by molar-refractivity contribution is -0.383. The van der Waals surface area contributed by atoms with Crippen LogP contribution < -0.4 is 16.6 Å². The van der Waals surface area contributed by atoms with Gasteiger partial charge < -0.3 is 15.5 Å². The van der Waals surface area contributed by atoms with Crippen molar-refractivity contribution in [1.82, 2.24) is 0 Å². The van der Waals surface area contributed by atoms with E-state index in [9.17, 15) is 10.1 Å². The molecule has 1 fully saturated rings. The van der Waals surface area contributed by atoms with Crippen LogP contribution in [0.3, 0.4) is 0 Å². The molecule has 7 nitrogen and oxygen atoms in total. The number of nitrogens with two attached hydrogens (primary N) is 1. The number of rotatable bonds is 6. The first kappa shape index (κ1) is 13.6. The third kappa shape index (κ3) is 2.61. The zero-order valence-corrected chi connectivity index (χ0v) is 10.8. The lowest BCUT2D eigenvalue weighted by atomic mass is 9.80. The molecule has 0 unspecified atom stereocenters. The second-order valence-electron chi connectivity index (χ2n) is 4.70. The van der Waals surface area contributed by atoms with Gasteiger partial charge in [-0.25, -0.2) is 0 Å². The van der Waals surface area contributed by atoms with Crippen LogP contribution in [0.5, 0.6) is 0 Å².